The van der Waals surface area contributed by atoms with Gasteiger partial charge in [0.25, 0.3) is 5.91 Å². The fraction of sp³-hybridized carbons (Fsp3) is 0.318. The van der Waals surface area contributed by atoms with Crippen molar-refractivity contribution in [1.29, 1.82) is 0 Å². The van der Waals surface area contributed by atoms with Crippen LogP contribution in [0.2, 0.25) is 0 Å². The molecule has 1 atom stereocenters. The Morgan fingerprint density at radius 2 is 1.86 bits per heavy atom. The summed E-state index contributed by atoms with van der Waals surface area (Å²) in [5.41, 5.74) is 1.27. The average molecular weight is 394 g/mol. The van der Waals surface area contributed by atoms with Crippen molar-refractivity contribution in [2.45, 2.75) is 31.7 Å². The third kappa shape index (κ3) is 4.80. The van der Waals surface area contributed by atoms with Crippen molar-refractivity contribution in [3.63, 3.8) is 0 Å². The highest BCUT2D eigenvalue weighted by Crippen LogP contribution is 2.24. The smallest absolute Gasteiger partial charge is 0.318 e. The average Bonchev–Trinajstić information content (AvgIpc) is 3.25. The van der Waals surface area contributed by atoms with E-state index >= 15 is 0 Å². The van der Waals surface area contributed by atoms with Gasteiger partial charge in [-0.15, -0.1) is 5.10 Å². The molecule has 2 aromatic carbocycles. The fourth-order valence-corrected chi connectivity index (χ4v) is 3.50. The Bertz CT molecular complexity index is 954. The zero-order chi connectivity index (χ0) is 20.1. The molecule has 3 aromatic rings. The first kappa shape index (κ1) is 19.1. The first-order valence-electron chi connectivity index (χ1n) is 9.88. The third-order valence-corrected chi connectivity index (χ3v) is 5.03. The van der Waals surface area contributed by atoms with Crippen LogP contribution in [0.25, 0.3) is 0 Å². The first-order chi connectivity index (χ1) is 14.2. The Balaban J connectivity index is 1.56. The van der Waals surface area contributed by atoms with Gasteiger partial charge in [-0.05, 0) is 43.0 Å². The molecular weight excluding hydrogens is 371 g/mol. The molecule has 0 radical (unpaired) electrons. The number of benzene rings is 2. The largest absolute Gasteiger partial charge is 0.406 e. The van der Waals surface area contributed by atoms with Gasteiger partial charge in [-0.25, -0.2) is 4.39 Å². The van der Waals surface area contributed by atoms with Crippen molar-refractivity contribution in [3.8, 4) is 0 Å². The molecule has 4 rings (SSSR count). The van der Waals surface area contributed by atoms with E-state index in [0.29, 0.717) is 18.3 Å². The number of nitrogens with zero attached hydrogens (tertiary/aromatic N) is 3. The first-order valence-corrected chi connectivity index (χ1v) is 9.88. The van der Waals surface area contributed by atoms with Crippen LogP contribution in [0, 0.1) is 5.82 Å². The van der Waals surface area contributed by atoms with Crippen LogP contribution in [0.5, 0.6) is 0 Å². The lowest BCUT2D eigenvalue weighted by molar-refractivity contribution is 0.0929. The van der Waals surface area contributed by atoms with E-state index in [2.05, 4.69) is 20.4 Å². The maximum Gasteiger partial charge on any atom is 0.318 e. The van der Waals surface area contributed by atoms with Gasteiger partial charge in [0.15, 0.2) is 0 Å². The van der Waals surface area contributed by atoms with Crippen LogP contribution in [0.15, 0.2) is 59.0 Å². The van der Waals surface area contributed by atoms with E-state index in [1.807, 2.05) is 30.3 Å². The number of nitrogens with one attached hydrogen (secondary N) is 1. The fourth-order valence-electron chi connectivity index (χ4n) is 3.50. The molecule has 2 heterocycles. The lowest BCUT2D eigenvalue weighted by Crippen LogP contribution is -2.30. The maximum atomic E-state index is 13.5. The molecule has 1 saturated heterocycles. The summed E-state index contributed by atoms with van der Waals surface area (Å²) in [7, 11) is 0. The molecular formula is C22H23FN4O2. The summed E-state index contributed by atoms with van der Waals surface area (Å²) in [5.74, 6) is -0.496. The predicted molar refractivity (Wildman–Crippen MR) is 107 cm³/mol. The van der Waals surface area contributed by atoms with Crippen molar-refractivity contribution in [1.82, 2.24) is 15.5 Å². The number of carbonyl (C=O) groups is 1. The number of anilines is 1. The molecule has 1 unspecified atom stereocenters. The van der Waals surface area contributed by atoms with E-state index in [-0.39, 0.29) is 11.5 Å². The highest BCUT2D eigenvalue weighted by atomic mass is 19.1. The van der Waals surface area contributed by atoms with Gasteiger partial charge in [0.05, 0.1) is 0 Å². The highest BCUT2D eigenvalue weighted by Gasteiger charge is 2.24. The van der Waals surface area contributed by atoms with Crippen molar-refractivity contribution in [3.05, 3.63) is 77.4 Å². The molecule has 1 amide bonds. The van der Waals surface area contributed by atoms with Gasteiger partial charge >= 0.3 is 6.01 Å². The molecule has 150 valence electrons. The summed E-state index contributed by atoms with van der Waals surface area (Å²) >= 11 is 0. The maximum absolute atomic E-state index is 13.5. The molecule has 29 heavy (non-hydrogen) atoms. The highest BCUT2D eigenvalue weighted by molar-refractivity contribution is 5.94. The molecule has 6 nitrogen and oxygen atoms in total. The molecule has 7 heteroatoms. The zero-order valence-electron chi connectivity index (χ0n) is 16.1. The van der Waals surface area contributed by atoms with Gasteiger partial charge in [-0.3, -0.25) is 4.79 Å². The SMILES string of the molecule is O=C(NC(Cc1ccccc1)c1nnc(N2CCCCC2)o1)c1cccc(F)c1. The van der Waals surface area contributed by atoms with Gasteiger partial charge < -0.3 is 14.6 Å². The second-order valence-corrected chi connectivity index (χ2v) is 7.20. The predicted octanol–water partition coefficient (Wildman–Crippen LogP) is 3.91. The monoisotopic (exact) mass is 394 g/mol. The topological polar surface area (TPSA) is 71.3 Å². The number of piperidine rings is 1. The van der Waals surface area contributed by atoms with E-state index in [4.69, 9.17) is 4.42 Å². The molecule has 0 aliphatic carbocycles. The number of hydrogen-bond donors (Lipinski definition) is 1. The second-order valence-electron chi connectivity index (χ2n) is 7.20. The van der Waals surface area contributed by atoms with E-state index in [0.717, 1.165) is 31.5 Å². The molecule has 0 saturated carbocycles. The Hall–Kier alpha value is -3.22. The summed E-state index contributed by atoms with van der Waals surface area (Å²) in [6.07, 6.45) is 3.89. The van der Waals surface area contributed by atoms with Crippen molar-refractivity contribution in [2.75, 3.05) is 18.0 Å². The van der Waals surface area contributed by atoms with Crippen molar-refractivity contribution >= 4 is 11.9 Å². The van der Waals surface area contributed by atoms with Gasteiger partial charge in [0.2, 0.25) is 5.89 Å². The Labute approximate surface area is 168 Å². The number of halogens is 1. The van der Waals surface area contributed by atoms with Crippen LogP contribution in [0.3, 0.4) is 0 Å². The summed E-state index contributed by atoms with van der Waals surface area (Å²) in [6.45, 7) is 1.78. The molecule has 1 aliphatic rings. The molecule has 1 aliphatic heterocycles. The number of hydrogen-bond acceptors (Lipinski definition) is 5. The summed E-state index contributed by atoms with van der Waals surface area (Å²) < 4.78 is 19.5. The van der Waals surface area contributed by atoms with E-state index < -0.39 is 11.9 Å². The minimum Gasteiger partial charge on any atom is -0.406 e. The normalized spacial score (nSPS) is 15.1. The number of amides is 1. The Kier molecular flexibility index (Phi) is 5.84. The molecule has 1 fully saturated rings. The molecule has 1 N–H and O–H groups in total. The van der Waals surface area contributed by atoms with Crippen LogP contribution >= 0.6 is 0 Å². The Morgan fingerprint density at radius 3 is 2.62 bits per heavy atom. The quantitative estimate of drug-likeness (QED) is 0.686. The number of carbonyl (C=O) groups excluding carboxylic acids is 1. The second kappa shape index (κ2) is 8.86. The van der Waals surface area contributed by atoms with Crippen LogP contribution in [-0.2, 0) is 6.42 Å². The minimum absolute atomic E-state index is 0.249. The van der Waals surface area contributed by atoms with Gasteiger partial charge in [0.1, 0.15) is 11.9 Å². The molecule has 1 aromatic heterocycles. The summed E-state index contributed by atoms with van der Waals surface area (Å²) in [6, 6.07) is 15.3. The zero-order valence-corrected chi connectivity index (χ0v) is 16.1. The molecule has 0 bridgehead atoms. The van der Waals surface area contributed by atoms with Crippen molar-refractivity contribution < 1.29 is 13.6 Å². The minimum atomic E-state index is -0.515. The van der Waals surface area contributed by atoms with Crippen LogP contribution in [0.4, 0.5) is 10.4 Å². The summed E-state index contributed by atoms with van der Waals surface area (Å²) in [5, 5.41) is 11.3. The van der Waals surface area contributed by atoms with E-state index in [1.165, 1.54) is 24.6 Å². The molecule has 0 spiro atoms. The standard InChI is InChI=1S/C22H23FN4O2/c23-18-11-7-10-17(15-18)20(28)24-19(14-16-8-3-1-4-9-16)21-25-26-22(29-21)27-12-5-2-6-13-27/h1,3-4,7-11,15,19H,2,5-6,12-14H2,(H,24,28). The number of rotatable bonds is 6. The van der Waals surface area contributed by atoms with E-state index in [9.17, 15) is 9.18 Å². The van der Waals surface area contributed by atoms with Gasteiger partial charge in [0, 0.05) is 25.1 Å². The van der Waals surface area contributed by atoms with Crippen molar-refractivity contribution in [2.24, 2.45) is 0 Å². The summed E-state index contributed by atoms with van der Waals surface area (Å²) in [4.78, 5) is 14.8. The van der Waals surface area contributed by atoms with Crippen LogP contribution in [0.1, 0.15) is 47.1 Å². The van der Waals surface area contributed by atoms with Gasteiger partial charge in [-0.2, -0.15) is 0 Å². The number of aromatic nitrogens is 2. The lowest BCUT2D eigenvalue weighted by Gasteiger charge is -2.24. The lowest BCUT2D eigenvalue weighted by atomic mass is 10.1. The van der Waals surface area contributed by atoms with Crippen LogP contribution in [-0.4, -0.2) is 29.2 Å². The van der Waals surface area contributed by atoms with E-state index in [1.54, 1.807) is 6.07 Å². The van der Waals surface area contributed by atoms with Crippen LogP contribution < -0.4 is 10.2 Å². The Morgan fingerprint density at radius 1 is 1.07 bits per heavy atom. The van der Waals surface area contributed by atoms with Gasteiger partial charge in [-0.1, -0.05) is 41.5 Å². The third-order valence-electron chi connectivity index (χ3n) is 5.03.